The molecule has 0 radical (unpaired) electrons. The lowest BCUT2D eigenvalue weighted by Crippen LogP contribution is -2.35. The van der Waals surface area contributed by atoms with Crippen molar-refractivity contribution in [3.05, 3.63) is 75.9 Å². The molecule has 2 amide bonds. The first kappa shape index (κ1) is 24.5. The average molecular weight is 491 g/mol. The number of hydrogen-bond acceptors (Lipinski definition) is 6. The molecule has 174 valence electrons. The number of benzene rings is 2. The first-order valence-electron chi connectivity index (χ1n) is 10.3. The van der Waals surface area contributed by atoms with E-state index in [1.54, 1.807) is 57.2 Å². The number of ether oxygens (including phenoxy) is 1. The van der Waals surface area contributed by atoms with Gasteiger partial charge in [-0.05, 0) is 62.7 Å². The molecule has 0 bridgehead atoms. The van der Waals surface area contributed by atoms with Gasteiger partial charge in [0.05, 0.1) is 12.6 Å². The quantitative estimate of drug-likeness (QED) is 0.413. The van der Waals surface area contributed by atoms with Gasteiger partial charge in [0.1, 0.15) is 5.41 Å². The van der Waals surface area contributed by atoms with Gasteiger partial charge >= 0.3 is 12.0 Å². The number of carbonyl (C=O) groups is 2. The van der Waals surface area contributed by atoms with E-state index in [1.165, 1.54) is 0 Å². The molecule has 2 aromatic carbocycles. The highest BCUT2D eigenvalue weighted by Gasteiger charge is 2.38. The Labute approximate surface area is 201 Å². The Hall–Kier alpha value is -3.10. The number of rotatable bonds is 8. The fourth-order valence-electron chi connectivity index (χ4n) is 2.95. The number of nitrogens with one attached hydrogen (secondary N) is 2. The van der Waals surface area contributed by atoms with E-state index in [1.807, 2.05) is 12.1 Å². The van der Waals surface area contributed by atoms with Crippen LogP contribution in [0, 0.1) is 0 Å². The van der Waals surface area contributed by atoms with E-state index >= 15 is 0 Å². The molecule has 1 atom stereocenters. The van der Waals surface area contributed by atoms with E-state index in [-0.39, 0.29) is 18.3 Å². The summed E-state index contributed by atoms with van der Waals surface area (Å²) in [5.74, 6) is -0.163. The number of amides is 2. The lowest BCUT2D eigenvalue weighted by molar-refractivity contribution is -0.149. The van der Waals surface area contributed by atoms with E-state index in [4.69, 9.17) is 32.5 Å². The lowest BCUT2D eigenvalue weighted by Gasteiger charge is -2.18. The highest BCUT2D eigenvalue weighted by Crippen LogP contribution is 2.26. The number of anilines is 1. The van der Waals surface area contributed by atoms with Gasteiger partial charge in [-0.1, -0.05) is 40.5 Å². The summed E-state index contributed by atoms with van der Waals surface area (Å²) in [7, 11) is 0. The Morgan fingerprint density at radius 1 is 1.06 bits per heavy atom. The van der Waals surface area contributed by atoms with Gasteiger partial charge in [0.25, 0.3) is 0 Å². The average Bonchev–Trinajstić information content (AvgIpc) is 3.28. The van der Waals surface area contributed by atoms with Gasteiger partial charge in [-0.15, -0.1) is 0 Å². The monoisotopic (exact) mass is 490 g/mol. The summed E-state index contributed by atoms with van der Waals surface area (Å²) in [5, 5.41) is 10.8. The third kappa shape index (κ3) is 6.46. The summed E-state index contributed by atoms with van der Waals surface area (Å²) >= 11 is 11.9. The smallest absolute Gasteiger partial charge is 0.321 e. The van der Waals surface area contributed by atoms with Gasteiger partial charge < -0.3 is 19.9 Å². The van der Waals surface area contributed by atoms with Crippen molar-refractivity contribution < 1.29 is 18.8 Å². The van der Waals surface area contributed by atoms with Crippen molar-refractivity contribution in [3.63, 3.8) is 0 Å². The molecule has 0 saturated heterocycles. The predicted molar refractivity (Wildman–Crippen MR) is 125 cm³/mol. The molecule has 0 saturated carbocycles. The van der Waals surface area contributed by atoms with Gasteiger partial charge in [-0.25, -0.2) is 4.79 Å². The highest BCUT2D eigenvalue weighted by molar-refractivity contribution is 6.30. The number of hydrogen-bond donors (Lipinski definition) is 2. The molecule has 1 aromatic heterocycles. The van der Waals surface area contributed by atoms with Crippen molar-refractivity contribution in [2.45, 2.75) is 38.6 Å². The second-order valence-electron chi connectivity index (χ2n) is 7.79. The van der Waals surface area contributed by atoms with Gasteiger partial charge in [0.15, 0.2) is 5.82 Å². The van der Waals surface area contributed by atoms with Crippen LogP contribution in [0.15, 0.2) is 53.1 Å². The fourth-order valence-corrected chi connectivity index (χ4v) is 3.20. The third-order valence-corrected chi connectivity index (χ3v) is 5.34. The van der Waals surface area contributed by atoms with Crippen LogP contribution in [-0.4, -0.2) is 28.7 Å². The van der Waals surface area contributed by atoms with Crippen LogP contribution in [-0.2, 0) is 21.4 Å². The Kier molecular flexibility index (Phi) is 7.94. The predicted octanol–water partition coefficient (Wildman–Crippen LogP) is 5.32. The summed E-state index contributed by atoms with van der Waals surface area (Å²) in [6.07, 6.45) is 0.365. The maximum absolute atomic E-state index is 12.7. The molecule has 0 spiro atoms. The summed E-state index contributed by atoms with van der Waals surface area (Å²) in [4.78, 5) is 29.4. The number of urea groups is 1. The molecule has 1 heterocycles. The third-order valence-electron chi connectivity index (χ3n) is 4.83. The van der Waals surface area contributed by atoms with E-state index in [2.05, 4.69) is 20.8 Å². The van der Waals surface area contributed by atoms with Crippen LogP contribution in [0.3, 0.4) is 0 Å². The second kappa shape index (κ2) is 10.7. The fraction of sp³-hybridized carbons (Fsp3) is 0.304. The molecular weight excluding hydrogens is 467 g/mol. The van der Waals surface area contributed by atoms with E-state index in [9.17, 15) is 9.59 Å². The summed E-state index contributed by atoms with van der Waals surface area (Å²) in [5.41, 5.74) is 0.323. The first-order valence-corrected chi connectivity index (χ1v) is 11.0. The second-order valence-corrected chi connectivity index (χ2v) is 8.66. The zero-order valence-electron chi connectivity index (χ0n) is 18.4. The maximum atomic E-state index is 12.7. The standard InChI is InChI=1S/C23H24Cl2N4O4/c1-4-32-21(30)23(2,3)20-28-19(29-33-20)18(13-14-5-7-15(24)8-6-14)27-22(31)26-17-11-9-16(25)10-12-17/h5-12,18H,4,13H2,1-3H3,(H2,26,27,31)/t18-/m0/s1. The number of halogens is 2. The normalized spacial score (nSPS) is 12.2. The molecule has 10 heteroatoms. The van der Waals surface area contributed by atoms with Crippen LogP contribution in [0.5, 0.6) is 0 Å². The summed E-state index contributed by atoms with van der Waals surface area (Å²) < 4.78 is 10.5. The van der Waals surface area contributed by atoms with Crippen molar-refractivity contribution in [2.24, 2.45) is 0 Å². The molecule has 0 fully saturated rings. The molecule has 3 rings (SSSR count). The molecule has 0 aliphatic heterocycles. The van der Waals surface area contributed by atoms with Crippen molar-refractivity contribution in [1.29, 1.82) is 0 Å². The SMILES string of the molecule is CCOC(=O)C(C)(C)c1nc([C@H](Cc2ccc(Cl)cc2)NC(=O)Nc2ccc(Cl)cc2)no1. The highest BCUT2D eigenvalue weighted by atomic mass is 35.5. The molecular formula is C23H24Cl2N4O4. The molecule has 33 heavy (non-hydrogen) atoms. The molecule has 8 nitrogen and oxygen atoms in total. The minimum absolute atomic E-state index is 0.0944. The van der Waals surface area contributed by atoms with Crippen molar-refractivity contribution in [3.8, 4) is 0 Å². The topological polar surface area (TPSA) is 106 Å². The van der Waals surface area contributed by atoms with Crippen molar-refractivity contribution in [1.82, 2.24) is 15.5 Å². The molecule has 0 aliphatic carbocycles. The largest absolute Gasteiger partial charge is 0.465 e. The molecule has 2 N–H and O–H groups in total. The zero-order valence-corrected chi connectivity index (χ0v) is 19.9. The van der Waals surface area contributed by atoms with Crippen LogP contribution in [0.25, 0.3) is 0 Å². The maximum Gasteiger partial charge on any atom is 0.321 e. The Morgan fingerprint density at radius 3 is 2.27 bits per heavy atom. The minimum Gasteiger partial charge on any atom is -0.465 e. The van der Waals surface area contributed by atoms with Crippen LogP contribution in [0.1, 0.15) is 44.1 Å². The molecule has 0 unspecified atom stereocenters. The molecule has 3 aromatic rings. The van der Waals surface area contributed by atoms with Gasteiger partial charge in [-0.2, -0.15) is 4.98 Å². The number of esters is 1. The number of aromatic nitrogens is 2. The van der Waals surface area contributed by atoms with Gasteiger partial charge in [0, 0.05) is 22.2 Å². The van der Waals surface area contributed by atoms with Gasteiger partial charge in [-0.3, -0.25) is 4.79 Å². The van der Waals surface area contributed by atoms with E-state index < -0.39 is 23.5 Å². The van der Waals surface area contributed by atoms with Crippen LogP contribution in [0.4, 0.5) is 10.5 Å². The van der Waals surface area contributed by atoms with Crippen LogP contribution >= 0.6 is 23.2 Å². The Morgan fingerprint density at radius 2 is 1.67 bits per heavy atom. The van der Waals surface area contributed by atoms with E-state index in [0.717, 1.165) is 5.56 Å². The van der Waals surface area contributed by atoms with Crippen LogP contribution in [0.2, 0.25) is 10.0 Å². The Balaban J connectivity index is 1.83. The molecule has 0 aliphatic rings. The van der Waals surface area contributed by atoms with Crippen molar-refractivity contribution >= 4 is 40.9 Å². The van der Waals surface area contributed by atoms with Gasteiger partial charge in [0.2, 0.25) is 5.89 Å². The Bertz CT molecular complexity index is 1100. The number of nitrogens with zero attached hydrogens (tertiary/aromatic N) is 2. The summed E-state index contributed by atoms with van der Waals surface area (Å²) in [6, 6.07) is 12.8. The zero-order chi connectivity index (χ0) is 24.0. The van der Waals surface area contributed by atoms with Crippen molar-refractivity contribution in [2.75, 3.05) is 11.9 Å². The lowest BCUT2D eigenvalue weighted by atomic mass is 9.93. The number of carbonyl (C=O) groups excluding carboxylic acids is 2. The first-order chi connectivity index (χ1) is 15.7. The van der Waals surface area contributed by atoms with Crippen LogP contribution < -0.4 is 10.6 Å². The summed E-state index contributed by atoms with van der Waals surface area (Å²) in [6.45, 7) is 5.22. The minimum atomic E-state index is -1.14. The van der Waals surface area contributed by atoms with E-state index in [0.29, 0.717) is 22.2 Å².